The summed E-state index contributed by atoms with van der Waals surface area (Å²) >= 11 is 0. The maximum Gasteiger partial charge on any atom is 0.280 e. The number of nitrogens with zero attached hydrogens (tertiary/aromatic N) is 5. The highest BCUT2D eigenvalue weighted by atomic mass is 16.2. The van der Waals surface area contributed by atoms with Crippen LogP contribution in [-0.4, -0.2) is 32.4 Å². The molecule has 2 aromatic rings. The van der Waals surface area contributed by atoms with Crippen molar-refractivity contribution in [2.75, 3.05) is 11.4 Å². The number of carbonyl (C=O) groups is 1. The van der Waals surface area contributed by atoms with Gasteiger partial charge in [-0.1, -0.05) is 18.1 Å². The standard InChI is InChI=1S/C18H23N5O/c1-13-17(20-21-23(13)12-14-6-2-3-7-14)18(24)22-11-5-8-15-16(22)9-4-10-19-15/h4,9-10,14H,2-3,5-8,11-12H2,1H3. The Morgan fingerprint density at radius 1 is 1.29 bits per heavy atom. The summed E-state index contributed by atoms with van der Waals surface area (Å²) in [5, 5.41) is 8.46. The SMILES string of the molecule is Cc1c(C(=O)N2CCCc3ncccc32)nnn1CC1CCCC1. The molecule has 4 rings (SSSR count). The molecular weight excluding hydrogens is 302 g/mol. The first kappa shape index (κ1) is 15.3. The average molecular weight is 325 g/mol. The number of hydrogen-bond donors (Lipinski definition) is 0. The summed E-state index contributed by atoms with van der Waals surface area (Å²) in [4.78, 5) is 19.2. The van der Waals surface area contributed by atoms with Crippen LogP contribution in [0.3, 0.4) is 0 Å². The zero-order valence-electron chi connectivity index (χ0n) is 14.1. The van der Waals surface area contributed by atoms with E-state index in [1.165, 1.54) is 25.7 Å². The van der Waals surface area contributed by atoms with Gasteiger partial charge in [-0.25, -0.2) is 4.68 Å². The number of fused-ring (bicyclic) bond motifs is 1. The number of carbonyl (C=O) groups excluding carboxylic acids is 1. The van der Waals surface area contributed by atoms with Crippen molar-refractivity contribution < 1.29 is 4.79 Å². The van der Waals surface area contributed by atoms with Crippen molar-refractivity contribution in [2.24, 2.45) is 5.92 Å². The summed E-state index contributed by atoms with van der Waals surface area (Å²) in [5.41, 5.74) is 3.26. The Morgan fingerprint density at radius 3 is 2.96 bits per heavy atom. The van der Waals surface area contributed by atoms with Crippen molar-refractivity contribution in [3.63, 3.8) is 0 Å². The summed E-state index contributed by atoms with van der Waals surface area (Å²) in [5.74, 6) is 0.618. The number of hydrogen-bond acceptors (Lipinski definition) is 4. The molecule has 0 N–H and O–H groups in total. The van der Waals surface area contributed by atoms with Crippen molar-refractivity contribution in [2.45, 2.75) is 52.0 Å². The molecule has 0 aromatic carbocycles. The summed E-state index contributed by atoms with van der Waals surface area (Å²) in [6.07, 6.45) is 8.78. The Kier molecular flexibility index (Phi) is 4.04. The lowest BCUT2D eigenvalue weighted by molar-refractivity contribution is 0.0979. The molecule has 6 nitrogen and oxygen atoms in total. The molecule has 2 aliphatic rings. The minimum Gasteiger partial charge on any atom is -0.305 e. The fourth-order valence-electron chi connectivity index (χ4n) is 3.90. The van der Waals surface area contributed by atoms with Crippen LogP contribution in [0.5, 0.6) is 0 Å². The molecule has 0 bridgehead atoms. The minimum atomic E-state index is -0.0564. The molecular formula is C18H23N5O. The van der Waals surface area contributed by atoms with Crippen molar-refractivity contribution in [3.8, 4) is 0 Å². The third-order valence-electron chi connectivity index (χ3n) is 5.29. The van der Waals surface area contributed by atoms with Gasteiger partial charge in [0.05, 0.1) is 17.1 Å². The monoisotopic (exact) mass is 325 g/mol. The van der Waals surface area contributed by atoms with E-state index < -0.39 is 0 Å². The Morgan fingerprint density at radius 2 is 2.12 bits per heavy atom. The number of aryl methyl sites for hydroxylation is 1. The zero-order valence-corrected chi connectivity index (χ0v) is 14.1. The molecule has 6 heteroatoms. The van der Waals surface area contributed by atoms with Crippen LogP contribution in [0, 0.1) is 12.8 Å². The van der Waals surface area contributed by atoms with Crippen LogP contribution in [0.1, 0.15) is 54.0 Å². The van der Waals surface area contributed by atoms with E-state index in [0.717, 1.165) is 36.5 Å². The van der Waals surface area contributed by atoms with Crippen LogP contribution in [0.2, 0.25) is 0 Å². The van der Waals surface area contributed by atoms with Gasteiger partial charge < -0.3 is 4.90 Å². The fourth-order valence-corrected chi connectivity index (χ4v) is 3.90. The van der Waals surface area contributed by atoms with Crippen LogP contribution >= 0.6 is 0 Å². The van der Waals surface area contributed by atoms with Crippen LogP contribution in [0.4, 0.5) is 5.69 Å². The molecule has 24 heavy (non-hydrogen) atoms. The Hall–Kier alpha value is -2.24. The lowest BCUT2D eigenvalue weighted by Gasteiger charge is -2.28. The molecule has 1 fully saturated rings. The Balaban J connectivity index is 1.58. The number of pyridine rings is 1. The highest BCUT2D eigenvalue weighted by molar-refractivity contribution is 6.05. The Labute approximate surface area is 141 Å². The van der Waals surface area contributed by atoms with Crippen LogP contribution in [-0.2, 0) is 13.0 Å². The zero-order chi connectivity index (χ0) is 16.5. The molecule has 3 heterocycles. The molecule has 126 valence electrons. The summed E-state index contributed by atoms with van der Waals surface area (Å²) in [6.45, 7) is 3.55. The van der Waals surface area contributed by atoms with Gasteiger partial charge in [-0.15, -0.1) is 5.10 Å². The van der Waals surface area contributed by atoms with E-state index in [-0.39, 0.29) is 5.91 Å². The maximum absolute atomic E-state index is 13.0. The summed E-state index contributed by atoms with van der Waals surface area (Å²) in [6, 6.07) is 3.85. The first-order valence-electron chi connectivity index (χ1n) is 8.90. The second-order valence-corrected chi connectivity index (χ2v) is 6.89. The van der Waals surface area contributed by atoms with Crippen LogP contribution in [0.25, 0.3) is 0 Å². The van der Waals surface area contributed by atoms with Gasteiger partial charge in [-0.2, -0.15) is 0 Å². The number of amides is 1. The van der Waals surface area contributed by atoms with Crippen LogP contribution in [0.15, 0.2) is 18.3 Å². The van der Waals surface area contributed by atoms with Crippen molar-refractivity contribution in [1.29, 1.82) is 0 Å². The molecule has 0 atom stereocenters. The second kappa shape index (κ2) is 6.34. The summed E-state index contributed by atoms with van der Waals surface area (Å²) in [7, 11) is 0. The fraction of sp³-hybridized carbons (Fsp3) is 0.556. The predicted molar refractivity (Wildman–Crippen MR) is 91.0 cm³/mol. The molecule has 1 saturated carbocycles. The highest BCUT2D eigenvalue weighted by Gasteiger charge is 2.28. The summed E-state index contributed by atoms with van der Waals surface area (Å²) < 4.78 is 1.91. The third kappa shape index (κ3) is 2.70. The van der Waals surface area contributed by atoms with Gasteiger partial charge in [0.15, 0.2) is 5.69 Å². The van der Waals surface area contributed by atoms with Gasteiger partial charge in [0.25, 0.3) is 5.91 Å². The average Bonchev–Trinajstić information content (AvgIpc) is 3.25. The number of rotatable bonds is 3. The van der Waals surface area contributed by atoms with E-state index in [0.29, 0.717) is 18.2 Å². The van der Waals surface area contributed by atoms with Gasteiger partial charge in [0.1, 0.15) is 0 Å². The lowest BCUT2D eigenvalue weighted by atomic mass is 10.1. The molecule has 2 aromatic heterocycles. The smallest absolute Gasteiger partial charge is 0.280 e. The Bertz CT molecular complexity index is 748. The highest BCUT2D eigenvalue weighted by Crippen LogP contribution is 2.28. The van der Waals surface area contributed by atoms with Crippen LogP contribution < -0.4 is 4.90 Å². The third-order valence-corrected chi connectivity index (χ3v) is 5.29. The molecule has 0 spiro atoms. The molecule has 1 aliphatic carbocycles. The number of anilines is 1. The van der Waals surface area contributed by atoms with Gasteiger partial charge in [0.2, 0.25) is 0 Å². The maximum atomic E-state index is 13.0. The molecule has 0 saturated heterocycles. The van der Waals surface area contributed by atoms with E-state index >= 15 is 0 Å². The molecule has 1 aliphatic heterocycles. The van der Waals surface area contributed by atoms with Gasteiger partial charge in [0, 0.05) is 19.3 Å². The first-order valence-corrected chi connectivity index (χ1v) is 8.90. The normalized spacial score (nSPS) is 18.0. The molecule has 1 amide bonds. The van der Waals surface area contributed by atoms with E-state index in [9.17, 15) is 4.79 Å². The first-order chi connectivity index (χ1) is 11.7. The van der Waals surface area contributed by atoms with E-state index in [1.807, 2.05) is 28.6 Å². The topological polar surface area (TPSA) is 63.9 Å². The quantitative estimate of drug-likeness (QED) is 0.870. The van der Waals surface area contributed by atoms with E-state index in [2.05, 4.69) is 15.3 Å². The largest absolute Gasteiger partial charge is 0.305 e. The van der Waals surface area contributed by atoms with Crippen molar-refractivity contribution >= 4 is 11.6 Å². The number of aromatic nitrogens is 4. The van der Waals surface area contributed by atoms with Crippen molar-refractivity contribution in [3.05, 3.63) is 35.4 Å². The molecule has 0 radical (unpaired) electrons. The van der Waals surface area contributed by atoms with Gasteiger partial charge in [-0.3, -0.25) is 9.78 Å². The van der Waals surface area contributed by atoms with Crippen molar-refractivity contribution in [1.82, 2.24) is 20.0 Å². The predicted octanol–water partition coefficient (Wildman–Crippen LogP) is 2.76. The second-order valence-electron chi connectivity index (χ2n) is 6.89. The minimum absolute atomic E-state index is 0.0564. The van der Waals surface area contributed by atoms with Gasteiger partial charge >= 0.3 is 0 Å². The van der Waals surface area contributed by atoms with Gasteiger partial charge in [-0.05, 0) is 50.7 Å². The van der Waals surface area contributed by atoms with E-state index in [4.69, 9.17) is 0 Å². The molecule has 0 unspecified atom stereocenters. The van der Waals surface area contributed by atoms with E-state index in [1.54, 1.807) is 6.20 Å². The lowest BCUT2D eigenvalue weighted by Crippen LogP contribution is -2.36.